The van der Waals surface area contributed by atoms with Crippen LogP contribution in [0.25, 0.3) is 17.3 Å². The van der Waals surface area contributed by atoms with Gasteiger partial charge in [0.2, 0.25) is 0 Å². The molecule has 6 heteroatoms. The molecule has 0 fully saturated rings. The summed E-state index contributed by atoms with van der Waals surface area (Å²) >= 11 is 0. The van der Waals surface area contributed by atoms with E-state index in [1.165, 1.54) is 4.68 Å². The summed E-state index contributed by atoms with van der Waals surface area (Å²) in [6.45, 7) is 6.08. The van der Waals surface area contributed by atoms with Crippen molar-refractivity contribution in [1.82, 2.24) is 9.78 Å². The van der Waals surface area contributed by atoms with Crippen molar-refractivity contribution in [2.75, 3.05) is 23.7 Å². The van der Waals surface area contributed by atoms with Crippen molar-refractivity contribution in [3.05, 3.63) is 71.4 Å². The maximum absolute atomic E-state index is 9.72. The highest BCUT2D eigenvalue weighted by Crippen LogP contribution is 2.27. The molecule has 144 valence electrons. The topological polar surface area (TPSA) is 94.7 Å². The summed E-state index contributed by atoms with van der Waals surface area (Å²) in [5.41, 5.74) is 9.63. The van der Waals surface area contributed by atoms with Gasteiger partial charge in [0.15, 0.2) is 0 Å². The Hall–Kier alpha value is -4.03. The standard InChI is InChI=1S/C23H22N6/c1-3-28(4-2)19-12-10-17(11-13-19)14-18(15-24)22-21(16-25)23(26)29(27-22)20-8-6-5-7-9-20/h5-14H,3-4,26H2,1-2H3/b18-14-. The second-order valence-corrected chi connectivity index (χ2v) is 6.40. The zero-order valence-corrected chi connectivity index (χ0v) is 16.5. The molecule has 1 heterocycles. The number of anilines is 2. The highest BCUT2D eigenvalue weighted by molar-refractivity contribution is 5.91. The molecule has 0 radical (unpaired) electrons. The van der Waals surface area contributed by atoms with Crippen molar-refractivity contribution in [3.63, 3.8) is 0 Å². The lowest BCUT2D eigenvalue weighted by atomic mass is 10.1. The van der Waals surface area contributed by atoms with E-state index in [9.17, 15) is 10.5 Å². The molecular weight excluding hydrogens is 360 g/mol. The zero-order chi connectivity index (χ0) is 20.8. The molecule has 3 rings (SSSR count). The van der Waals surface area contributed by atoms with Crippen molar-refractivity contribution < 1.29 is 0 Å². The first-order valence-electron chi connectivity index (χ1n) is 9.44. The van der Waals surface area contributed by atoms with Gasteiger partial charge in [0.25, 0.3) is 0 Å². The first-order chi connectivity index (χ1) is 14.1. The van der Waals surface area contributed by atoms with Gasteiger partial charge in [-0.3, -0.25) is 0 Å². The molecule has 2 N–H and O–H groups in total. The molecule has 29 heavy (non-hydrogen) atoms. The second kappa shape index (κ2) is 8.77. The largest absolute Gasteiger partial charge is 0.382 e. The van der Waals surface area contributed by atoms with Crippen LogP contribution in [0.5, 0.6) is 0 Å². The Morgan fingerprint density at radius 3 is 2.28 bits per heavy atom. The Balaban J connectivity index is 2.03. The van der Waals surface area contributed by atoms with Gasteiger partial charge in [0.05, 0.1) is 11.3 Å². The molecule has 0 aliphatic heterocycles. The number of allylic oxidation sites excluding steroid dienone is 1. The SMILES string of the molecule is CCN(CC)c1ccc(/C=C(/C#N)c2nn(-c3ccccc3)c(N)c2C#N)cc1. The highest BCUT2D eigenvalue weighted by atomic mass is 15.3. The Kier molecular flexibility index (Phi) is 5.97. The lowest BCUT2D eigenvalue weighted by Gasteiger charge is -2.20. The smallest absolute Gasteiger partial charge is 0.145 e. The summed E-state index contributed by atoms with van der Waals surface area (Å²) in [5.74, 6) is 0.215. The summed E-state index contributed by atoms with van der Waals surface area (Å²) in [4.78, 5) is 2.24. The van der Waals surface area contributed by atoms with Crippen molar-refractivity contribution in [3.8, 4) is 17.8 Å². The van der Waals surface area contributed by atoms with E-state index < -0.39 is 0 Å². The van der Waals surface area contributed by atoms with Crippen LogP contribution in [-0.2, 0) is 0 Å². The molecule has 3 aromatic rings. The zero-order valence-electron chi connectivity index (χ0n) is 16.5. The molecule has 0 bridgehead atoms. The van der Waals surface area contributed by atoms with Gasteiger partial charge in [-0.2, -0.15) is 15.6 Å². The predicted molar refractivity (Wildman–Crippen MR) is 116 cm³/mol. The summed E-state index contributed by atoms with van der Waals surface area (Å²) in [5, 5.41) is 23.8. The molecule has 0 aliphatic carbocycles. The number of nitrogens with zero attached hydrogens (tertiary/aromatic N) is 5. The Bertz CT molecular complexity index is 1090. The third-order valence-corrected chi connectivity index (χ3v) is 4.74. The van der Waals surface area contributed by atoms with Gasteiger partial charge < -0.3 is 10.6 Å². The molecule has 0 saturated carbocycles. The Labute approximate surface area is 170 Å². The van der Waals surface area contributed by atoms with Crippen LogP contribution in [0.15, 0.2) is 54.6 Å². The van der Waals surface area contributed by atoms with Crippen LogP contribution in [0.2, 0.25) is 0 Å². The van der Waals surface area contributed by atoms with E-state index in [0.717, 1.165) is 30.0 Å². The van der Waals surface area contributed by atoms with Crippen LogP contribution < -0.4 is 10.6 Å². The minimum Gasteiger partial charge on any atom is -0.382 e. The number of para-hydroxylation sites is 1. The molecule has 2 aromatic carbocycles. The Morgan fingerprint density at radius 2 is 1.72 bits per heavy atom. The number of nitrogen functional groups attached to an aromatic ring is 1. The first-order valence-corrected chi connectivity index (χ1v) is 9.44. The molecule has 0 aliphatic rings. The number of aromatic nitrogens is 2. The molecule has 0 unspecified atom stereocenters. The summed E-state index contributed by atoms with van der Waals surface area (Å²) < 4.78 is 1.49. The number of hydrogen-bond acceptors (Lipinski definition) is 5. The molecule has 0 amide bonds. The highest BCUT2D eigenvalue weighted by Gasteiger charge is 2.19. The lowest BCUT2D eigenvalue weighted by Crippen LogP contribution is -2.21. The van der Waals surface area contributed by atoms with E-state index in [2.05, 4.69) is 36.0 Å². The Morgan fingerprint density at radius 1 is 1.07 bits per heavy atom. The summed E-state index contributed by atoms with van der Waals surface area (Å²) in [7, 11) is 0. The number of nitriles is 2. The maximum atomic E-state index is 9.72. The van der Waals surface area contributed by atoms with E-state index >= 15 is 0 Å². The molecule has 0 atom stereocenters. The van der Waals surface area contributed by atoms with Gasteiger partial charge in [0.1, 0.15) is 29.2 Å². The van der Waals surface area contributed by atoms with Gasteiger partial charge in [0, 0.05) is 18.8 Å². The molecule has 1 aromatic heterocycles. The average molecular weight is 382 g/mol. The van der Waals surface area contributed by atoms with Crippen LogP contribution in [0, 0.1) is 22.7 Å². The van der Waals surface area contributed by atoms with Gasteiger partial charge >= 0.3 is 0 Å². The van der Waals surface area contributed by atoms with Crippen LogP contribution in [-0.4, -0.2) is 22.9 Å². The number of rotatable bonds is 6. The van der Waals surface area contributed by atoms with Crippen LogP contribution in [0.3, 0.4) is 0 Å². The molecule has 0 spiro atoms. The number of nitrogens with two attached hydrogens (primary N) is 1. The fourth-order valence-corrected chi connectivity index (χ4v) is 3.19. The van der Waals surface area contributed by atoms with Crippen molar-refractivity contribution in [2.24, 2.45) is 0 Å². The normalized spacial score (nSPS) is 11.0. The average Bonchev–Trinajstić information content (AvgIpc) is 3.10. The van der Waals surface area contributed by atoms with E-state index in [1.54, 1.807) is 6.08 Å². The molecule has 6 nitrogen and oxygen atoms in total. The van der Waals surface area contributed by atoms with Gasteiger partial charge in [-0.25, -0.2) is 4.68 Å². The fourth-order valence-electron chi connectivity index (χ4n) is 3.19. The molecular formula is C23H22N6. The predicted octanol–water partition coefficient (Wildman–Crippen LogP) is 4.24. The van der Waals surface area contributed by atoms with E-state index in [4.69, 9.17) is 5.73 Å². The van der Waals surface area contributed by atoms with Crippen molar-refractivity contribution >= 4 is 23.2 Å². The fraction of sp³-hybridized carbons (Fsp3) is 0.174. The third-order valence-electron chi connectivity index (χ3n) is 4.74. The number of benzene rings is 2. The van der Waals surface area contributed by atoms with E-state index in [0.29, 0.717) is 5.57 Å². The third kappa shape index (κ3) is 3.97. The second-order valence-electron chi connectivity index (χ2n) is 6.40. The van der Waals surface area contributed by atoms with E-state index in [-0.39, 0.29) is 17.1 Å². The van der Waals surface area contributed by atoms with Gasteiger partial charge in [-0.1, -0.05) is 30.3 Å². The van der Waals surface area contributed by atoms with E-state index in [1.807, 2.05) is 54.6 Å². The maximum Gasteiger partial charge on any atom is 0.145 e. The van der Waals surface area contributed by atoms with Gasteiger partial charge in [-0.15, -0.1) is 0 Å². The van der Waals surface area contributed by atoms with Crippen LogP contribution in [0.1, 0.15) is 30.7 Å². The van der Waals surface area contributed by atoms with Crippen LogP contribution in [0.4, 0.5) is 11.5 Å². The number of hydrogen-bond donors (Lipinski definition) is 1. The van der Waals surface area contributed by atoms with Crippen molar-refractivity contribution in [1.29, 1.82) is 10.5 Å². The minimum atomic E-state index is 0.196. The quantitative estimate of drug-likeness (QED) is 0.644. The van der Waals surface area contributed by atoms with Gasteiger partial charge in [-0.05, 0) is 49.8 Å². The monoisotopic (exact) mass is 382 g/mol. The summed E-state index contributed by atoms with van der Waals surface area (Å²) in [6.07, 6.45) is 1.73. The van der Waals surface area contributed by atoms with Crippen LogP contribution >= 0.6 is 0 Å². The first kappa shape index (κ1) is 19.7. The minimum absolute atomic E-state index is 0.196. The van der Waals surface area contributed by atoms with Crippen molar-refractivity contribution in [2.45, 2.75) is 13.8 Å². The molecule has 0 saturated heterocycles. The lowest BCUT2D eigenvalue weighted by molar-refractivity contribution is 0.866. The summed E-state index contributed by atoms with van der Waals surface area (Å²) in [6, 6.07) is 21.5.